The van der Waals surface area contributed by atoms with Gasteiger partial charge in [0.25, 0.3) is 0 Å². The molecule has 2 rings (SSSR count). The van der Waals surface area contributed by atoms with Crippen molar-refractivity contribution in [1.29, 1.82) is 0 Å². The van der Waals surface area contributed by atoms with Crippen molar-refractivity contribution in [3.8, 4) is 0 Å². The second-order valence-electron chi connectivity index (χ2n) is 7.08. The Kier molecular flexibility index (Phi) is 6.85. The van der Waals surface area contributed by atoms with Gasteiger partial charge in [-0.2, -0.15) is 0 Å². The van der Waals surface area contributed by atoms with Gasteiger partial charge in [-0.1, -0.05) is 38.1 Å². The molecule has 0 fully saturated rings. The zero-order chi connectivity index (χ0) is 18.4. The zero-order valence-electron chi connectivity index (χ0n) is 15.9. The number of nitrogens with one attached hydrogen (secondary N) is 1. The van der Waals surface area contributed by atoms with E-state index in [0.29, 0.717) is 38.5 Å². The van der Waals surface area contributed by atoms with E-state index < -0.39 is 6.04 Å². The Morgan fingerprint density at radius 3 is 2.40 bits per heavy atom. The quantitative estimate of drug-likeness (QED) is 0.861. The number of carbonyl (C=O) groups excluding carboxylic acids is 2. The molecule has 0 radical (unpaired) electrons. The second-order valence-corrected chi connectivity index (χ2v) is 7.08. The van der Waals surface area contributed by atoms with E-state index in [9.17, 15) is 9.59 Å². The maximum Gasteiger partial charge on any atom is 0.318 e. The van der Waals surface area contributed by atoms with Crippen molar-refractivity contribution in [2.45, 2.75) is 53.1 Å². The summed E-state index contributed by atoms with van der Waals surface area (Å²) >= 11 is 0. The second kappa shape index (κ2) is 8.88. The van der Waals surface area contributed by atoms with Crippen molar-refractivity contribution >= 4 is 11.9 Å². The third-order valence-electron chi connectivity index (χ3n) is 4.80. The van der Waals surface area contributed by atoms with E-state index in [1.807, 2.05) is 30.9 Å². The standard InChI is InChI=1S/C20H31N3O2/c1-5-22(6-2)20(25)21-18(13-15(3)4)19(24)23-12-11-16-9-7-8-10-17(16)14-23/h7-10,15,18H,5-6,11-14H2,1-4H3,(H,21,25)/t18-/m0/s1. The van der Waals surface area contributed by atoms with Crippen molar-refractivity contribution in [3.05, 3.63) is 35.4 Å². The van der Waals surface area contributed by atoms with Gasteiger partial charge in [-0.3, -0.25) is 4.79 Å². The zero-order valence-corrected chi connectivity index (χ0v) is 15.9. The van der Waals surface area contributed by atoms with Crippen LogP contribution in [0.5, 0.6) is 0 Å². The summed E-state index contributed by atoms with van der Waals surface area (Å²) in [4.78, 5) is 29.1. The van der Waals surface area contributed by atoms with E-state index in [-0.39, 0.29) is 11.9 Å². The maximum atomic E-state index is 13.1. The fourth-order valence-corrected chi connectivity index (χ4v) is 3.35. The molecule has 0 spiro atoms. The van der Waals surface area contributed by atoms with Crippen molar-refractivity contribution in [2.75, 3.05) is 19.6 Å². The molecule has 0 unspecified atom stereocenters. The molecule has 0 bridgehead atoms. The summed E-state index contributed by atoms with van der Waals surface area (Å²) < 4.78 is 0. The van der Waals surface area contributed by atoms with Gasteiger partial charge in [0.15, 0.2) is 0 Å². The van der Waals surface area contributed by atoms with Gasteiger partial charge in [-0.05, 0) is 43.7 Å². The summed E-state index contributed by atoms with van der Waals surface area (Å²) in [6, 6.07) is 7.66. The van der Waals surface area contributed by atoms with Crippen LogP contribution < -0.4 is 5.32 Å². The number of amides is 3. The molecule has 5 nitrogen and oxygen atoms in total. The minimum Gasteiger partial charge on any atom is -0.336 e. The lowest BCUT2D eigenvalue weighted by atomic mass is 9.97. The van der Waals surface area contributed by atoms with Crippen LogP contribution in [0.2, 0.25) is 0 Å². The topological polar surface area (TPSA) is 52.7 Å². The number of hydrogen-bond donors (Lipinski definition) is 1. The molecule has 0 saturated heterocycles. The highest BCUT2D eigenvalue weighted by atomic mass is 16.2. The van der Waals surface area contributed by atoms with Crippen LogP contribution in [0.3, 0.4) is 0 Å². The first-order valence-electron chi connectivity index (χ1n) is 9.37. The number of rotatable bonds is 6. The molecule has 1 aliphatic rings. The minimum atomic E-state index is -0.460. The number of nitrogens with zero attached hydrogens (tertiary/aromatic N) is 2. The average Bonchev–Trinajstić information content (AvgIpc) is 2.60. The monoisotopic (exact) mass is 345 g/mol. The summed E-state index contributed by atoms with van der Waals surface area (Å²) in [7, 11) is 0. The summed E-state index contributed by atoms with van der Waals surface area (Å²) in [5.74, 6) is 0.367. The Bertz CT molecular complexity index is 596. The van der Waals surface area contributed by atoms with Crippen LogP contribution >= 0.6 is 0 Å². The molecule has 5 heteroatoms. The summed E-state index contributed by atoms with van der Waals surface area (Å²) in [5.41, 5.74) is 2.53. The Balaban J connectivity index is 2.09. The fraction of sp³-hybridized carbons (Fsp3) is 0.600. The minimum absolute atomic E-state index is 0.0312. The molecule has 1 N–H and O–H groups in total. The van der Waals surface area contributed by atoms with Gasteiger partial charge in [0.1, 0.15) is 6.04 Å². The van der Waals surface area contributed by atoms with Gasteiger partial charge in [0, 0.05) is 26.2 Å². The SMILES string of the molecule is CCN(CC)C(=O)N[C@@H](CC(C)C)C(=O)N1CCc2ccccc2C1. The Morgan fingerprint density at radius 1 is 1.16 bits per heavy atom. The summed E-state index contributed by atoms with van der Waals surface area (Å²) in [6.07, 6.45) is 1.53. The fourth-order valence-electron chi connectivity index (χ4n) is 3.35. The van der Waals surface area contributed by atoms with Crippen LogP contribution in [-0.4, -0.2) is 47.4 Å². The molecule has 138 valence electrons. The van der Waals surface area contributed by atoms with E-state index in [1.165, 1.54) is 11.1 Å². The number of urea groups is 1. The first-order valence-corrected chi connectivity index (χ1v) is 9.37. The molecular weight excluding hydrogens is 314 g/mol. The molecule has 1 aromatic rings. The van der Waals surface area contributed by atoms with Crippen molar-refractivity contribution < 1.29 is 9.59 Å². The molecule has 1 atom stereocenters. The van der Waals surface area contributed by atoms with E-state index >= 15 is 0 Å². The molecule has 3 amide bonds. The highest BCUT2D eigenvalue weighted by molar-refractivity contribution is 5.87. The lowest BCUT2D eigenvalue weighted by molar-refractivity contribution is -0.134. The third-order valence-corrected chi connectivity index (χ3v) is 4.80. The van der Waals surface area contributed by atoms with Gasteiger partial charge in [0.05, 0.1) is 0 Å². The Hall–Kier alpha value is -2.04. The molecule has 1 heterocycles. The molecule has 1 aromatic carbocycles. The van der Waals surface area contributed by atoms with Crippen LogP contribution in [0.1, 0.15) is 45.2 Å². The van der Waals surface area contributed by atoms with Crippen LogP contribution in [-0.2, 0) is 17.8 Å². The summed E-state index contributed by atoms with van der Waals surface area (Å²) in [6.45, 7) is 10.7. The first kappa shape index (κ1) is 19.3. The molecule has 0 aromatic heterocycles. The smallest absolute Gasteiger partial charge is 0.318 e. The van der Waals surface area contributed by atoms with E-state index in [4.69, 9.17) is 0 Å². The van der Waals surface area contributed by atoms with Crippen LogP contribution in [0.25, 0.3) is 0 Å². The summed E-state index contributed by atoms with van der Waals surface area (Å²) in [5, 5.41) is 2.97. The molecular formula is C20H31N3O2. The van der Waals surface area contributed by atoms with Gasteiger partial charge in [-0.25, -0.2) is 4.79 Å². The van der Waals surface area contributed by atoms with E-state index in [1.54, 1.807) is 4.90 Å². The van der Waals surface area contributed by atoms with Crippen molar-refractivity contribution in [3.63, 3.8) is 0 Å². The predicted molar refractivity (Wildman–Crippen MR) is 100 cm³/mol. The van der Waals surface area contributed by atoms with Gasteiger partial charge in [0.2, 0.25) is 5.91 Å². The third kappa shape index (κ3) is 4.97. The maximum absolute atomic E-state index is 13.1. The Labute approximate surface area is 151 Å². The largest absolute Gasteiger partial charge is 0.336 e. The highest BCUT2D eigenvalue weighted by Crippen LogP contribution is 2.20. The first-order chi connectivity index (χ1) is 12.0. The number of carbonyl (C=O) groups is 2. The number of hydrogen-bond acceptors (Lipinski definition) is 2. The average molecular weight is 345 g/mol. The molecule has 25 heavy (non-hydrogen) atoms. The molecule has 0 aliphatic carbocycles. The van der Waals surface area contributed by atoms with Gasteiger partial charge >= 0.3 is 6.03 Å². The lowest BCUT2D eigenvalue weighted by Crippen LogP contribution is -2.53. The lowest BCUT2D eigenvalue weighted by Gasteiger charge is -2.33. The highest BCUT2D eigenvalue weighted by Gasteiger charge is 2.29. The van der Waals surface area contributed by atoms with Crippen molar-refractivity contribution in [2.24, 2.45) is 5.92 Å². The Morgan fingerprint density at radius 2 is 1.80 bits per heavy atom. The molecule has 0 saturated carbocycles. The van der Waals surface area contributed by atoms with Crippen LogP contribution in [0, 0.1) is 5.92 Å². The van der Waals surface area contributed by atoms with Crippen LogP contribution in [0.15, 0.2) is 24.3 Å². The number of benzene rings is 1. The normalized spacial score (nSPS) is 14.8. The molecule has 1 aliphatic heterocycles. The van der Waals surface area contributed by atoms with Crippen LogP contribution in [0.4, 0.5) is 4.79 Å². The van der Waals surface area contributed by atoms with Gasteiger partial charge < -0.3 is 15.1 Å². The van der Waals surface area contributed by atoms with E-state index in [2.05, 4.69) is 31.3 Å². The van der Waals surface area contributed by atoms with E-state index in [0.717, 1.165) is 6.42 Å². The number of fused-ring (bicyclic) bond motifs is 1. The predicted octanol–water partition coefficient (Wildman–Crippen LogP) is 3.04. The van der Waals surface area contributed by atoms with Gasteiger partial charge in [-0.15, -0.1) is 0 Å². The van der Waals surface area contributed by atoms with Crippen molar-refractivity contribution in [1.82, 2.24) is 15.1 Å².